The molecule has 0 radical (unpaired) electrons. The quantitative estimate of drug-likeness (QED) is 0.622. The molecule has 0 saturated heterocycles. The van der Waals surface area contributed by atoms with Gasteiger partial charge in [-0.05, 0) is 23.8 Å². The fourth-order valence-corrected chi connectivity index (χ4v) is 3.14. The molecule has 118 valence electrons. The van der Waals surface area contributed by atoms with Gasteiger partial charge in [-0.2, -0.15) is 0 Å². The van der Waals surface area contributed by atoms with Crippen molar-refractivity contribution in [2.24, 2.45) is 0 Å². The second-order valence-corrected chi connectivity index (χ2v) is 5.87. The molecule has 4 aromatic rings. The van der Waals surface area contributed by atoms with E-state index in [1.165, 1.54) is 0 Å². The smallest absolute Gasteiger partial charge is 0.323 e. The van der Waals surface area contributed by atoms with Gasteiger partial charge in [-0.15, -0.1) is 0 Å². The molecule has 4 nitrogen and oxygen atoms in total. The standard InChI is InChI=1S/C20H16N2O2/c23-20(24)13-22-12-15(17-6-2-4-8-19(17)22)11-16-10-9-14-5-1-3-7-18(14)21-16/h1-10,12H,11,13H2,(H,23,24). The molecule has 2 aromatic carbocycles. The van der Waals surface area contributed by atoms with Gasteiger partial charge in [0.2, 0.25) is 0 Å². The predicted molar refractivity (Wildman–Crippen MR) is 94.1 cm³/mol. The average molecular weight is 316 g/mol. The van der Waals surface area contributed by atoms with Crippen molar-refractivity contribution in [2.45, 2.75) is 13.0 Å². The summed E-state index contributed by atoms with van der Waals surface area (Å²) >= 11 is 0. The van der Waals surface area contributed by atoms with E-state index in [0.29, 0.717) is 6.42 Å². The summed E-state index contributed by atoms with van der Waals surface area (Å²) in [6, 6.07) is 20.0. The minimum Gasteiger partial charge on any atom is -0.480 e. The van der Waals surface area contributed by atoms with Crippen LogP contribution in [-0.2, 0) is 17.8 Å². The molecule has 1 N–H and O–H groups in total. The number of benzene rings is 2. The van der Waals surface area contributed by atoms with E-state index in [2.05, 4.69) is 6.07 Å². The highest BCUT2D eigenvalue weighted by atomic mass is 16.4. The van der Waals surface area contributed by atoms with E-state index >= 15 is 0 Å². The molecule has 0 aliphatic carbocycles. The summed E-state index contributed by atoms with van der Waals surface area (Å²) in [5.74, 6) is -0.842. The summed E-state index contributed by atoms with van der Waals surface area (Å²) in [5.41, 5.74) is 3.99. The first-order valence-corrected chi connectivity index (χ1v) is 7.84. The van der Waals surface area contributed by atoms with E-state index in [1.807, 2.05) is 60.8 Å². The number of carbonyl (C=O) groups is 1. The first kappa shape index (κ1) is 14.5. The Morgan fingerprint density at radius 3 is 2.67 bits per heavy atom. The van der Waals surface area contributed by atoms with Crippen LogP contribution in [0.5, 0.6) is 0 Å². The minimum atomic E-state index is -0.842. The van der Waals surface area contributed by atoms with Crippen molar-refractivity contribution in [3.8, 4) is 0 Å². The van der Waals surface area contributed by atoms with Crippen LogP contribution < -0.4 is 0 Å². The summed E-state index contributed by atoms with van der Waals surface area (Å²) in [4.78, 5) is 15.8. The van der Waals surface area contributed by atoms with Crippen molar-refractivity contribution in [1.29, 1.82) is 0 Å². The van der Waals surface area contributed by atoms with Crippen molar-refractivity contribution in [2.75, 3.05) is 0 Å². The fraction of sp³-hybridized carbons (Fsp3) is 0.100. The van der Waals surface area contributed by atoms with Crippen molar-refractivity contribution >= 4 is 27.8 Å². The van der Waals surface area contributed by atoms with Gasteiger partial charge in [0.05, 0.1) is 5.52 Å². The summed E-state index contributed by atoms with van der Waals surface area (Å²) < 4.78 is 1.79. The normalized spacial score (nSPS) is 11.2. The maximum Gasteiger partial charge on any atom is 0.323 e. The molecule has 2 aromatic heterocycles. The molecule has 0 fully saturated rings. The number of hydrogen-bond acceptors (Lipinski definition) is 2. The van der Waals surface area contributed by atoms with Gasteiger partial charge in [-0.3, -0.25) is 9.78 Å². The number of rotatable bonds is 4. The number of pyridine rings is 1. The Labute approximate surface area is 139 Å². The van der Waals surface area contributed by atoms with Crippen LogP contribution in [0.15, 0.2) is 66.9 Å². The van der Waals surface area contributed by atoms with Gasteiger partial charge in [0.25, 0.3) is 0 Å². The van der Waals surface area contributed by atoms with Gasteiger partial charge in [-0.1, -0.05) is 42.5 Å². The van der Waals surface area contributed by atoms with E-state index in [9.17, 15) is 4.79 Å². The monoisotopic (exact) mass is 316 g/mol. The summed E-state index contributed by atoms with van der Waals surface area (Å²) in [7, 11) is 0. The Bertz CT molecular complexity index is 1050. The Morgan fingerprint density at radius 2 is 1.79 bits per heavy atom. The molecule has 0 saturated carbocycles. The molecule has 0 atom stereocenters. The molecule has 24 heavy (non-hydrogen) atoms. The van der Waals surface area contributed by atoms with Gasteiger partial charge < -0.3 is 9.67 Å². The van der Waals surface area contributed by atoms with E-state index in [0.717, 1.165) is 33.1 Å². The molecule has 0 unspecified atom stereocenters. The number of fused-ring (bicyclic) bond motifs is 2. The summed E-state index contributed by atoms with van der Waals surface area (Å²) in [6.07, 6.45) is 2.60. The van der Waals surface area contributed by atoms with Gasteiger partial charge in [0.15, 0.2) is 0 Å². The number of para-hydroxylation sites is 2. The van der Waals surface area contributed by atoms with Crippen LogP contribution in [0.1, 0.15) is 11.3 Å². The Morgan fingerprint density at radius 1 is 1.00 bits per heavy atom. The largest absolute Gasteiger partial charge is 0.480 e. The maximum absolute atomic E-state index is 11.1. The highest BCUT2D eigenvalue weighted by Crippen LogP contribution is 2.24. The highest BCUT2D eigenvalue weighted by Gasteiger charge is 2.11. The zero-order valence-electron chi connectivity index (χ0n) is 13.0. The lowest BCUT2D eigenvalue weighted by molar-refractivity contribution is -0.137. The number of carboxylic acids is 1. The topological polar surface area (TPSA) is 55.1 Å². The molecule has 4 heteroatoms. The number of aromatic nitrogens is 2. The second-order valence-electron chi connectivity index (χ2n) is 5.87. The molecular formula is C20H16N2O2. The number of aliphatic carboxylic acids is 1. The van der Waals surface area contributed by atoms with Crippen molar-refractivity contribution in [3.63, 3.8) is 0 Å². The van der Waals surface area contributed by atoms with Gasteiger partial charge in [0.1, 0.15) is 6.54 Å². The van der Waals surface area contributed by atoms with E-state index < -0.39 is 5.97 Å². The third-order valence-electron chi connectivity index (χ3n) is 4.20. The SMILES string of the molecule is O=C(O)Cn1cc(Cc2ccc3ccccc3n2)c2ccccc21. The van der Waals surface area contributed by atoms with Crippen LogP contribution >= 0.6 is 0 Å². The Balaban J connectivity index is 1.76. The molecule has 0 aliphatic heterocycles. The molecule has 2 heterocycles. The number of hydrogen-bond donors (Lipinski definition) is 1. The third kappa shape index (κ3) is 2.63. The molecule has 4 rings (SSSR count). The number of carboxylic acid groups (broad SMARTS) is 1. The fourth-order valence-electron chi connectivity index (χ4n) is 3.14. The highest BCUT2D eigenvalue weighted by molar-refractivity contribution is 5.85. The third-order valence-corrected chi connectivity index (χ3v) is 4.20. The second kappa shape index (κ2) is 5.81. The molecule has 0 aliphatic rings. The average Bonchev–Trinajstić information content (AvgIpc) is 2.92. The van der Waals surface area contributed by atoms with Gasteiger partial charge >= 0.3 is 5.97 Å². The van der Waals surface area contributed by atoms with E-state index in [-0.39, 0.29) is 6.54 Å². The minimum absolute atomic E-state index is 0.0360. The zero-order chi connectivity index (χ0) is 16.5. The molecule has 0 bridgehead atoms. The van der Waals surface area contributed by atoms with Crippen LogP contribution in [0.4, 0.5) is 0 Å². The maximum atomic E-state index is 11.1. The van der Waals surface area contributed by atoms with Gasteiger partial charge in [0, 0.05) is 34.6 Å². The molecule has 0 spiro atoms. The van der Waals surface area contributed by atoms with Crippen LogP contribution in [0.2, 0.25) is 0 Å². The van der Waals surface area contributed by atoms with Crippen molar-refractivity contribution in [1.82, 2.24) is 9.55 Å². The van der Waals surface area contributed by atoms with Crippen molar-refractivity contribution < 1.29 is 9.90 Å². The first-order valence-electron chi connectivity index (χ1n) is 7.84. The van der Waals surface area contributed by atoms with E-state index in [4.69, 9.17) is 10.1 Å². The van der Waals surface area contributed by atoms with Crippen LogP contribution in [0.25, 0.3) is 21.8 Å². The zero-order valence-corrected chi connectivity index (χ0v) is 13.0. The molecule has 0 amide bonds. The summed E-state index contributed by atoms with van der Waals surface area (Å²) in [5, 5.41) is 11.3. The van der Waals surface area contributed by atoms with Crippen LogP contribution in [0.3, 0.4) is 0 Å². The van der Waals surface area contributed by atoms with E-state index in [1.54, 1.807) is 4.57 Å². The van der Waals surface area contributed by atoms with Crippen molar-refractivity contribution in [3.05, 3.63) is 78.1 Å². The lowest BCUT2D eigenvalue weighted by Crippen LogP contribution is -2.07. The molecular weight excluding hydrogens is 300 g/mol. The Kier molecular flexibility index (Phi) is 3.50. The lowest BCUT2D eigenvalue weighted by Gasteiger charge is -2.02. The van der Waals surface area contributed by atoms with Crippen LogP contribution in [-0.4, -0.2) is 20.6 Å². The van der Waals surface area contributed by atoms with Crippen LogP contribution in [0, 0.1) is 0 Å². The Hall–Kier alpha value is -3.14. The summed E-state index contributed by atoms with van der Waals surface area (Å²) in [6.45, 7) is -0.0360. The predicted octanol–water partition coefficient (Wildman–Crippen LogP) is 3.86. The first-order chi connectivity index (χ1) is 11.7. The lowest BCUT2D eigenvalue weighted by atomic mass is 10.1. The number of nitrogens with zero attached hydrogens (tertiary/aromatic N) is 2. The van der Waals surface area contributed by atoms with Gasteiger partial charge in [-0.25, -0.2) is 0 Å².